The van der Waals surface area contributed by atoms with Crippen molar-refractivity contribution in [2.24, 2.45) is 0 Å². The third kappa shape index (κ3) is 6.46. The molecule has 2 N–H and O–H groups in total. The number of nitrogens with one attached hydrogen (secondary N) is 2. The highest BCUT2D eigenvalue weighted by molar-refractivity contribution is 6.35. The number of non-ortho nitro benzene ring substituents is 2. The molecule has 0 amide bonds. The number of aromatic amines is 2. The minimum atomic E-state index is -0.641. The van der Waals surface area contributed by atoms with Gasteiger partial charge in [-0.05, 0) is 35.9 Å². The van der Waals surface area contributed by atoms with Crippen LogP contribution < -0.4 is 16.0 Å². The molecule has 5 aromatic rings. The third-order valence-corrected chi connectivity index (χ3v) is 5.90. The van der Waals surface area contributed by atoms with Gasteiger partial charge >= 0.3 is 5.69 Å². The molecule has 0 bridgehead atoms. The molecular formula is C23H13Cl3N6O7. The maximum atomic E-state index is 11.3. The van der Waals surface area contributed by atoms with E-state index >= 15 is 0 Å². The number of nitrogens with zero attached hydrogens (tertiary/aromatic N) is 4. The lowest BCUT2D eigenvalue weighted by molar-refractivity contribution is -0.384. The topological polar surface area (TPSA) is 187 Å². The molecule has 13 nitrogen and oxygen atoms in total. The maximum absolute atomic E-state index is 11.3. The van der Waals surface area contributed by atoms with Gasteiger partial charge in [0.15, 0.2) is 0 Å². The van der Waals surface area contributed by atoms with Gasteiger partial charge in [-0.2, -0.15) is 4.98 Å². The van der Waals surface area contributed by atoms with E-state index in [0.717, 1.165) is 6.07 Å². The normalized spacial score (nSPS) is 10.6. The van der Waals surface area contributed by atoms with Crippen LogP contribution in [0.3, 0.4) is 0 Å². The van der Waals surface area contributed by atoms with Crippen molar-refractivity contribution in [1.29, 1.82) is 0 Å². The van der Waals surface area contributed by atoms with Crippen molar-refractivity contribution < 1.29 is 14.6 Å². The number of hydrogen-bond acceptors (Lipinski definition) is 9. The van der Waals surface area contributed by atoms with E-state index in [1.54, 1.807) is 18.2 Å². The molecule has 0 atom stereocenters. The average Bonchev–Trinajstić information content (AvgIpc) is 2.87. The number of rotatable bonds is 5. The summed E-state index contributed by atoms with van der Waals surface area (Å²) in [5.74, 6) is 0.139. The molecule has 5 rings (SSSR count). The Bertz CT molecular complexity index is 1880. The second-order valence-electron chi connectivity index (χ2n) is 7.68. The van der Waals surface area contributed by atoms with E-state index in [1.807, 2.05) is 4.98 Å². The van der Waals surface area contributed by atoms with E-state index in [4.69, 9.17) is 39.5 Å². The van der Waals surface area contributed by atoms with Gasteiger partial charge in [0.05, 0.1) is 31.7 Å². The number of hydrogen-bond donors (Lipinski definition) is 2. The molecule has 0 saturated heterocycles. The molecule has 2 heterocycles. The smallest absolute Gasteiger partial charge is 0.326 e. The molecule has 0 aliphatic heterocycles. The second kappa shape index (κ2) is 11.4. The molecule has 198 valence electrons. The quantitative estimate of drug-likeness (QED) is 0.157. The fourth-order valence-electron chi connectivity index (χ4n) is 3.34. The summed E-state index contributed by atoms with van der Waals surface area (Å²) in [6, 6.07) is 12.8. The summed E-state index contributed by atoms with van der Waals surface area (Å²) in [4.78, 5) is 54.8. The Morgan fingerprint density at radius 2 is 1.49 bits per heavy atom. The van der Waals surface area contributed by atoms with Gasteiger partial charge in [0.25, 0.3) is 16.9 Å². The van der Waals surface area contributed by atoms with E-state index < -0.39 is 21.1 Å². The van der Waals surface area contributed by atoms with Crippen LogP contribution in [0.25, 0.3) is 21.8 Å². The zero-order valence-electron chi connectivity index (χ0n) is 19.2. The van der Waals surface area contributed by atoms with Gasteiger partial charge in [-0.15, -0.1) is 0 Å². The summed E-state index contributed by atoms with van der Waals surface area (Å²) in [5, 5.41) is 22.8. The second-order valence-corrected chi connectivity index (χ2v) is 8.86. The van der Waals surface area contributed by atoms with E-state index in [9.17, 15) is 29.8 Å². The average molecular weight is 592 g/mol. The number of halogens is 3. The zero-order valence-corrected chi connectivity index (χ0v) is 21.5. The van der Waals surface area contributed by atoms with Gasteiger partial charge in [0.1, 0.15) is 6.61 Å². The summed E-state index contributed by atoms with van der Waals surface area (Å²) in [5.41, 5.74) is -0.164. The van der Waals surface area contributed by atoms with Crippen LogP contribution >= 0.6 is 34.8 Å². The lowest BCUT2D eigenvalue weighted by Crippen LogP contribution is -2.21. The van der Waals surface area contributed by atoms with Crippen molar-refractivity contribution in [2.75, 3.05) is 0 Å². The number of nitro groups is 2. The van der Waals surface area contributed by atoms with Crippen molar-refractivity contribution in [1.82, 2.24) is 19.9 Å². The molecule has 0 saturated carbocycles. The molecule has 0 fully saturated rings. The minimum Gasteiger partial charge on any atom is -0.472 e. The van der Waals surface area contributed by atoms with E-state index in [0.29, 0.717) is 26.5 Å². The fraction of sp³-hybridized carbons (Fsp3) is 0.0435. The van der Waals surface area contributed by atoms with Crippen molar-refractivity contribution in [3.05, 3.63) is 117 Å². The summed E-state index contributed by atoms with van der Waals surface area (Å²) in [6.45, 7) is 0.0983. The first-order valence-electron chi connectivity index (χ1n) is 10.6. The molecule has 3 aromatic carbocycles. The molecule has 0 aliphatic rings. The molecule has 39 heavy (non-hydrogen) atoms. The van der Waals surface area contributed by atoms with Crippen molar-refractivity contribution in [2.45, 2.75) is 6.61 Å². The first-order valence-corrected chi connectivity index (χ1v) is 11.7. The van der Waals surface area contributed by atoms with Crippen LogP contribution in [-0.2, 0) is 6.61 Å². The van der Waals surface area contributed by atoms with Gasteiger partial charge in [-0.25, -0.2) is 9.78 Å². The Morgan fingerprint density at radius 1 is 0.821 bits per heavy atom. The largest absolute Gasteiger partial charge is 0.472 e. The van der Waals surface area contributed by atoms with Crippen LogP contribution in [0.1, 0.15) is 5.56 Å². The van der Waals surface area contributed by atoms with Gasteiger partial charge in [-0.3, -0.25) is 30.0 Å². The van der Waals surface area contributed by atoms with Crippen LogP contribution in [0.15, 0.2) is 64.2 Å². The first kappa shape index (κ1) is 27.4. The van der Waals surface area contributed by atoms with Gasteiger partial charge in [-0.1, -0.05) is 29.3 Å². The zero-order chi connectivity index (χ0) is 28.3. The van der Waals surface area contributed by atoms with Crippen LogP contribution in [-0.4, -0.2) is 29.8 Å². The predicted octanol–water partition coefficient (Wildman–Crippen LogP) is 5.20. The van der Waals surface area contributed by atoms with E-state index in [2.05, 4.69) is 15.0 Å². The van der Waals surface area contributed by atoms with Crippen LogP contribution in [0.5, 0.6) is 5.88 Å². The SMILES string of the molecule is O=[N+]([O-])c1ccc2nc(Cl)nc(OCc3ccc(Cl)cc3Cl)c2c1.O=c1[nH]c(=O)c2cc([N+](=O)[O-])ccc2[nH]1. The van der Waals surface area contributed by atoms with E-state index in [-0.39, 0.29) is 40.0 Å². The molecule has 0 radical (unpaired) electrons. The van der Waals surface area contributed by atoms with Crippen LogP contribution in [0.4, 0.5) is 11.4 Å². The standard InChI is InChI=1S/C15H8Cl3N3O3.C8H5N3O4/c16-9-2-1-8(12(17)5-9)7-24-14-11-6-10(21(22)23)3-4-13(11)19-15(18)20-14;12-7-5-3-4(11(14)15)1-2-6(5)9-8(13)10-7/h1-6H,7H2;1-3H,(H2,9,10,12,13). The molecule has 2 aromatic heterocycles. The highest BCUT2D eigenvalue weighted by atomic mass is 35.5. The van der Waals surface area contributed by atoms with Gasteiger partial charge < -0.3 is 9.72 Å². The summed E-state index contributed by atoms with van der Waals surface area (Å²) >= 11 is 17.8. The molecule has 16 heteroatoms. The number of ether oxygens (including phenoxy) is 1. The summed E-state index contributed by atoms with van der Waals surface area (Å²) in [6.07, 6.45) is 0. The Labute approximate surface area is 231 Å². The van der Waals surface area contributed by atoms with Crippen molar-refractivity contribution in [3.8, 4) is 5.88 Å². The predicted molar refractivity (Wildman–Crippen MR) is 144 cm³/mol. The fourth-order valence-corrected chi connectivity index (χ4v) is 3.97. The van der Waals surface area contributed by atoms with Crippen molar-refractivity contribution in [3.63, 3.8) is 0 Å². The number of aromatic nitrogens is 4. The number of H-pyrrole nitrogens is 2. The summed E-state index contributed by atoms with van der Waals surface area (Å²) < 4.78 is 5.66. The van der Waals surface area contributed by atoms with Crippen molar-refractivity contribution >= 4 is 68.0 Å². The Morgan fingerprint density at radius 3 is 2.15 bits per heavy atom. The Kier molecular flexibility index (Phi) is 8.04. The molecular weight excluding hydrogens is 579 g/mol. The Hall–Kier alpha value is -4.59. The lowest BCUT2D eigenvalue weighted by Gasteiger charge is -2.10. The molecule has 0 aliphatic carbocycles. The first-order chi connectivity index (χ1) is 18.5. The van der Waals surface area contributed by atoms with Gasteiger partial charge in [0, 0.05) is 39.9 Å². The Balaban J connectivity index is 0.000000202. The number of benzene rings is 3. The monoisotopic (exact) mass is 590 g/mol. The lowest BCUT2D eigenvalue weighted by atomic mass is 10.2. The van der Waals surface area contributed by atoms with E-state index in [1.165, 1.54) is 30.3 Å². The molecule has 0 unspecified atom stereocenters. The highest BCUT2D eigenvalue weighted by Gasteiger charge is 2.14. The van der Waals surface area contributed by atoms with Crippen LogP contribution in [0.2, 0.25) is 15.3 Å². The maximum Gasteiger partial charge on any atom is 0.326 e. The molecule has 0 spiro atoms. The number of nitro benzene ring substituents is 2. The highest BCUT2D eigenvalue weighted by Crippen LogP contribution is 2.29. The number of fused-ring (bicyclic) bond motifs is 2. The summed E-state index contributed by atoms with van der Waals surface area (Å²) in [7, 11) is 0. The third-order valence-electron chi connectivity index (χ3n) is 5.14. The minimum absolute atomic E-state index is 0.0199. The van der Waals surface area contributed by atoms with Gasteiger partial charge in [0.2, 0.25) is 11.2 Å². The van der Waals surface area contributed by atoms with Crippen LogP contribution in [0, 0.1) is 20.2 Å².